The van der Waals surface area contributed by atoms with E-state index in [1.165, 1.54) is 0 Å². The number of rotatable bonds is 4. The normalized spacial score (nSPS) is 16.9. The lowest BCUT2D eigenvalue weighted by molar-refractivity contribution is -0.137. The van der Waals surface area contributed by atoms with Crippen LogP contribution in [0.25, 0.3) is 0 Å². The van der Waals surface area contributed by atoms with E-state index in [4.69, 9.17) is 5.11 Å². The van der Waals surface area contributed by atoms with E-state index < -0.39 is 5.97 Å². The maximum Gasteiger partial charge on any atom is 0.303 e. The summed E-state index contributed by atoms with van der Waals surface area (Å²) in [5.41, 5.74) is 1.11. The van der Waals surface area contributed by atoms with Crippen LogP contribution in [0.5, 0.6) is 0 Å². The fraction of sp³-hybridized carbons (Fsp3) is 0.462. The molecule has 1 N–H and O–H groups in total. The van der Waals surface area contributed by atoms with Crippen molar-refractivity contribution in [2.24, 2.45) is 5.92 Å². The molecule has 1 aromatic carbocycles. The van der Waals surface area contributed by atoms with Gasteiger partial charge in [-0.2, -0.15) is 0 Å². The molecule has 0 amide bonds. The zero-order chi connectivity index (χ0) is 12.6. The van der Waals surface area contributed by atoms with Crippen molar-refractivity contribution < 1.29 is 14.3 Å². The molecule has 0 radical (unpaired) electrons. The van der Waals surface area contributed by atoms with E-state index in [2.05, 4.69) is 15.9 Å². The van der Waals surface area contributed by atoms with Crippen LogP contribution in [-0.2, 0) is 4.79 Å². The minimum Gasteiger partial charge on any atom is -0.481 e. The summed E-state index contributed by atoms with van der Waals surface area (Å²) in [5, 5.41) is 8.90. The van der Waals surface area contributed by atoms with Gasteiger partial charge in [0.15, 0.2) is 0 Å². The van der Waals surface area contributed by atoms with Crippen LogP contribution in [0.4, 0.5) is 4.39 Å². The van der Waals surface area contributed by atoms with Gasteiger partial charge >= 0.3 is 5.97 Å². The lowest BCUT2D eigenvalue weighted by atomic mass is 9.89. The molecule has 0 aromatic heterocycles. The van der Waals surface area contributed by atoms with Crippen molar-refractivity contribution in [2.75, 3.05) is 0 Å². The molecule has 4 heteroatoms. The van der Waals surface area contributed by atoms with Crippen molar-refractivity contribution in [2.45, 2.75) is 32.1 Å². The van der Waals surface area contributed by atoms with Gasteiger partial charge in [0.2, 0.25) is 0 Å². The Morgan fingerprint density at radius 2 is 2.24 bits per heavy atom. The Morgan fingerprint density at radius 1 is 1.59 bits per heavy atom. The van der Waals surface area contributed by atoms with Gasteiger partial charge in [-0.3, -0.25) is 4.79 Å². The molecule has 0 heterocycles. The summed E-state index contributed by atoms with van der Waals surface area (Å²) in [6.07, 6.45) is 2.03. The number of carboxylic acids is 1. The van der Waals surface area contributed by atoms with Gasteiger partial charge in [0.25, 0.3) is 0 Å². The van der Waals surface area contributed by atoms with Crippen LogP contribution >= 0.6 is 15.9 Å². The number of aliphatic carboxylic acids is 1. The van der Waals surface area contributed by atoms with Crippen molar-refractivity contribution in [3.05, 3.63) is 33.5 Å². The van der Waals surface area contributed by atoms with E-state index in [1.807, 2.05) is 0 Å². The molecule has 2 rings (SSSR count). The molecule has 2 nitrogen and oxygen atoms in total. The number of halogens is 2. The summed E-state index contributed by atoms with van der Waals surface area (Å²) in [4.78, 5) is 10.8. The van der Waals surface area contributed by atoms with Gasteiger partial charge in [0, 0.05) is 10.4 Å². The second kappa shape index (κ2) is 4.77. The summed E-state index contributed by atoms with van der Waals surface area (Å²) in [7, 11) is 0. The van der Waals surface area contributed by atoms with Gasteiger partial charge in [0.1, 0.15) is 5.82 Å². The van der Waals surface area contributed by atoms with Gasteiger partial charge in [0.05, 0.1) is 6.42 Å². The quantitative estimate of drug-likeness (QED) is 0.916. The molecule has 1 saturated carbocycles. The number of hydrogen-bond acceptors (Lipinski definition) is 1. The second-order valence-electron chi connectivity index (χ2n) is 4.62. The molecule has 92 valence electrons. The van der Waals surface area contributed by atoms with Gasteiger partial charge < -0.3 is 5.11 Å². The van der Waals surface area contributed by atoms with Crippen molar-refractivity contribution in [3.8, 4) is 0 Å². The lowest BCUT2D eigenvalue weighted by Crippen LogP contribution is -2.11. The molecule has 1 fully saturated rings. The molecule has 0 spiro atoms. The van der Waals surface area contributed by atoms with E-state index in [0.717, 1.165) is 17.3 Å². The molecule has 1 atom stereocenters. The topological polar surface area (TPSA) is 37.3 Å². The Bertz CT molecular complexity index is 455. The van der Waals surface area contributed by atoms with Crippen molar-refractivity contribution in [1.29, 1.82) is 0 Å². The molecule has 1 aromatic rings. The van der Waals surface area contributed by atoms with E-state index in [9.17, 15) is 9.18 Å². The van der Waals surface area contributed by atoms with Crippen molar-refractivity contribution in [3.63, 3.8) is 0 Å². The van der Waals surface area contributed by atoms with Crippen LogP contribution < -0.4 is 0 Å². The standard InChI is InChI=1S/C13H14BrFO2/c1-7-11(14)5-4-9(13(7)15)10(6-12(16)17)8-2-3-8/h4-5,8,10H,2-3,6H2,1H3,(H,16,17). The number of carboxylic acid groups (broad SMARTS) is 1. The molecule has 0 saturated heterocycles. The zero-order valence-electron chi connectivity index (χ0n) is 9.54. The highest BCUT2D eigenvalue weighted by Crippen LogP contribution is 2.45. The van der Waals surface area contributed by atoms with E-state index >= 15 is 0 Å². The highest BCUT2D eigenvalue weighted by atomic mass is 79.9. The van der Waals surface area contributed by atoms with Crippen LogP contribution in [-0.4, -0.2) is 11.1 Å². The van der Waals surface area contributed by atoms with Gasteiger partial charge in [-0.05, 0) is 42.9 Å². The predicted molar refractivity (Wildman–Crippen MR) is 66.6 cm³/mol. The summed E-state index contributed by atoms with van der Waals surface area (Å²) < 4.78 is 14.9. The Morgan fingerprint density at radius 3 is 2.76 bits per heavy atom. The molecule has 0 aliphatic heterocycles. The monoisotopic (exact) mass is 300 g/mol. The third kappa shape index (κ3) is 2.68. The van der Waals surface area contributed by atoms with Gasteiger partial charge in [-0.25, -0.2) is 4.39 Å². The molecular formula is C13H14BrFO2. The molecular weight excluding hydrogens is 287 g/mol. The molecule has 17 heavy (non-hydrogen) atoms. The molecule has 1 unspecified atom stereocenters. The first-order valence-electron chi connectivity index (χ1n) is 5.67. The van der Waals surface area contributed by atoms with Crippen LogP contribution in [0.3, 0.4) is 0 Å². The van der Waals surface area contributed by atoms with Gasteiger partial charge in [-0.15, -0.1) is 0 Å². The second-order valence-corrected chi connectivity index (χ2v) is 5.47. The van der Waals surface area contributed by atoms with E-state index in [0.29, 0.717) is 17.0 Å². The summed E-state index contributed by atoms with van der Waals surface area (Å²) in [5.74, 6) is -0.972. The fourth-order valence-electron chi connectivity index (χ4n) is 2.19. The predicted octanol–water partition coefficient (Wildman–Crippen LogP) is 3.86. The third-order valence-corrected chi connectivity index (χ3v) is 4.19. The lowest BCUT2D eigenvalue weighted by Gasteiger charge is -2.17. The zero-order valence-corrected chi connectivity index (χ0v) is 11.1. The fourth-order valence-corrected chi connectivity index (χ4v) is 2.49. The summed E-state index contributed by atoms with van der Waals surface area (Å²) in [6.45, 7) is 1.70. The minimum absolute atomic E-state index is 0.0165. The van der Waals surface area contributed by atoms with E-state index in [1.54, 1.807) is 19.1 Å². The van der Waals surface area contributed by atoms with Crippen LogP contribution in [0.1, 0.15) is 36.3 Å². The molecule has 0 bridgehead atoms. The SMILES string of the molecule is Cc1c(Br)ccc(C(CC(=O)O)C2CC2)c1F. The summed E-state index contributed by atoms with van der Waals surface area (Å²) in [6, 6.07) is 3.50. The van der Waals surface area contributed by atoms with Crippen LogP contribution in [0.2, 0.25) is 0 Å². The molecule has 1 aliphatic rings. The van der Waals surface area contributed by atoms with Crippen molar-refractivity contribution >= 4 is 21.9 Å². The first kappa shape index (κ1) is 12.6. The highest BCUT2D eigenvalue weighted by Gasteiger charge is 2.35. The number of carbonyl (C=O) groups is 1. The largest absolute Gasteiger partial charge is 0.481 e. The third-order valence-electron chi connectivity index (χ3n) is 3.34. The Kier molecular flexibility index (Phi) is 3.52. The Labute approximate surface area is 108 Å². The number of hydrogen-bond donors (Lipinski definition) is 1. The summed E-state index contributed by atoms with van der Waals surface area (Å²) >= 11 is 3.28. The highest BCUT2D eigenvalue weighted by molar-refractivity contribution is 9.10. The maximum absolute atomic E-state index is 14.1. The Hall–Kier alpha value is -0.900. The van der Waals surface area contributed by atoms with Crippen molar-refractivity contribution in [1.82, 2.24) is 0 Å². The smallest absolute Gasteiger partial charge is 0.303 e. The average Bonchev–Trinajstić information content (AvgIpc) is 3.07. The maximum atomic E-state index is 14.1. The van der Waals surface area contributed by atoms with Crippen LogP contribution in [0, 0.1) is 18.7 Å². The minimum atomic E-state index is -0.859. The van der Waals surface area contributed by atoms with Gasteiger partial charge in [-0.1, -0.05) is 22.0 Å². The first-order valence-corrected chi connectivity index (χ1v) is 6.46. The van der Waals surface area contributed by atoms with E-state index in [-0.39, 0.29) is 18.2 Å². The number of benzene rings is 1. The van der Waals surface area contributed by atoms with Crippen LogP contribution in [0.15, 0.2) is 16.6 Å². The molecule has 1 aliphatic carbocycles. The Balaban J connectivity index is 2.35. The average molecular weight is 301 g/mol. The first-order chi connectivity index (χ1) is 8.00.